The Morgan fingerprint density at radius 2 is 1.54 bits per heavy atom. The van der Waals surface area contributed by atoms with Crippen molar-refractivity contribution in [3.63, 3.8) is 0 Å². The first-order valence-electron chi connectivity index (χ1n) is 9.26. The van der Waals surface area contributed by atoms with Crippen LogP contribution in [0.3, 0.4) is 0 Å². The minimum atomic E-state index is -0.442. The highest BCUT2D eigenvalue weighted by Crippen LogP contribution is 2.25. The van der Waals surface area contributed by atoms with Gasteiger partial charge in [-0.25, -0.2) is 4.79 Å². The molecule has 4 heteroatoms. The van der Waals surface area contributed by atoms with Crippen LogP contribution in [-0.4, -0.2) is 47.7 Å². The molecule has 1 saturated heterocycles. The lowest BCUT2D eigenvalue weighted by atomic mass is 9.99. The van der Waals surface area contributed by atoms with E-state index in [0.717, 1.165) is 19.6 Å². The van der Waals surface area contributed by atoms with Gasteiger partial charge in [0.2, 0.25) is 0 Å². The van der Waals surface area contributed by atoms with E-state index in [1.807, 2.05) is 31.7 Å². The van der Waals surface area contributed by atoms with E-state index in [0.29, 0.717) is 13.1 Å². The minimum absolute atomic E-state index is 0.207. The van der Waals surface area contributed by atoms with Crippen molar-refractivity contribution in [2.45, 2.75) is 32.9 Å². The van der Waals surface area contributed by atoms with Gasteiger partial charge in [-0.3, -0.25) is 4.90 Å². The second kappa shape index (κ2) is 7.92. The SMILES string of the molecule is CC(C)(C)OC(=O)N1CCN(Cc2ccccc2-c2ccccc2)CC1. The largest absolute Gasteiger partial charge is 0.444 e. The molecule has 0 unspecified atom stereocenters. The summed E-state index contributed by atoms with van der Waals surface area (Å²) in [5.74, 6) is 0. The lowest BCUT2D eigenvalue weighted by Gasteiger charge is -2.35. The van der Waals surface area contributed by atoms with E-state index in [1.165, 1.54) is 16.7 Å². The predicted octanol–water partition coefficient (Wildman–Crippen LogP) is 4.41. The zero-order chi connectivity index (χ0) is 18.6. The van der Waals surface area contributed by atoms with Crippen molar-refractivity contribution < 1.29 is 9.53 Å². The lowest BCUT2D eigenvalue weighted by molar-refractivity contribution is 0.0139. The molecule has 3 rings (SSSR count). The summed E-state index contributed by atoms with van der Waals surface area (Å²) < 4.78 is 5.48. The van der Waals surface area contributed by atoms with Gasteiger partial charge < -0.3 is 9.64 Å². The van der Waals surface area contributed by atoms with Crippen LogP contribution in [0.1, 0.15) is 26.3 Å². The van der Waals surface area contributed by atoms with Crippen molar-refractivity contribution >= 4 is 6.09 Å². The Balaban J connectivity index is 1.62. The Bertz CT molecular complexity index is 729. The van der Waals surface area contributed by atoms with E-state index in [-0.39, 0.29) is 6.09 Å². The van der Waals surface area contributed by atoms with Crippen LogP contribution < -0.4 is 0 Å². The van der Waals surface area contributed by atoms with Gasteiger partial charge >= 0.3 is 6.09 Å². The third kappa shape index (κ3) is 4.85. The summed E-state index contributed by atoms with van der Waals surface area (Å²) in [7, 11) is 0. The molecule has 1 heterocycles. The maximum Gasteiger partial charge on any atom is 0.410 e. The molecule has 1 fully saturated rings. The highest BCUT2D eigenvalue weighted by atomic mass is 16.6. The molecule has 0 bridgehead atoms. The highest BCUT2D eigenvalue weighted by Gasteiger charge is 2.26. The van der Waals surface area contributed by atoms with E-state index >= 15 is 0 Å². The molecule has 138 valence electrons. The van der Waals surface area contributed by atoms with Crippen LogP contribution in [0.15, 0.2) is 54.6 Å². The molecule has 0 N–H and O–H groups in total. The molecule has 0 aromatic heterocycles. The molecule has 26 heavy (non-hydrogen) atoms. The molecule has 0 atom stereocenters. The number of piperazine rings is 1. The number of nitrogens with zero attached hydrogens (tertiary/aromatic N) is 2. The number of hydrogen-bond donors (Lipinski definition) is 0. The molecule has 0 radical (unpaired) electrons. The van der Waals surface area contributed by atoms with E-state index in [1.54, 1.807) is 0 Å². The molecular formula is C22H28N2O2. The number of hydrogen-bond acceptors (Lipinski definition) is 3. The Labute approximate surface area is 156 Å². The van der Waals surface area contributed by atoms with Gasteiger partial charge in [-0.15, -0.1) is 0 Å². The van der Waals surface area contributed by atoms with Gasteiger partial charge in [0.15, 0.2) is 0 Å². The zero-order valence-corrected chi connectivity index (χ0v) is 15.9. The number of carbonyl (C=O) groups is 1. The van der Waals surface area contributed by atoms with Crippen LogP contribution in [0.5, 0.6) is 0 Å². The molecule has 0 saturated carbocycles. The van der Waals surface area contributed by atoms with Gasteiger partial charge in [0.1, 0.15) is 5.60 Å². The van der Waals surface area contributed by atoms with E-state index in [9.17, 15) is 4.79 Å². The van der Waals surface area contributed by atoms with Gasteiger partial charge in [0.05, 0.1) is 0 Å². The van der Waals surface area contributed by atoms with E-state index < -0.39 is 5.60 Å². The smallest absolute Gasteiger partial charge is 0.410 e. The molecule has 1 aliphatic rings. The first-order chi connectivity index (χ1) is 12.4. The summed E-state index contributed by atoms with van der Waals surface area (Å²) >= 11 is 0. The molecule has 0 spiro atoms. The Hall–Kier alpha value is -2.33. The van der Waals surface area contributed by atoms with Crippen LogP contribution in [0.25, 0.3) is 11.1 Å². The maximum atomic E-state index is 12.2. The van der Waals surface area contributed by atoms with Crippen LogP contribution in [0.4, 0.5) is 4.79 Å². The van der Waals surface area contributed by atoms with Crippen molar-refractivity contribution in [1.82, 2.24) is 9.80 Å². The van der Waals surface area contributed by atoms with Crippen molar-refractivity contribution in [2.24, 2.45) is 0 Å². The summed E-state index contributed by atoms with van der Waals surface area (Å²) in [6.07, 6.45) is -0.207. The van der Waals surface area contributed by atoms with Crippen LogP contribution in [0, 0.1) is 0 Å². The van der Waals surface area contributed by atoms with Gasteiger partial charge in [-0.1, -0.05) is 54.6 Å². The number of rotatable bonds is 3. The first kappa shape index (κ1) is 18.5. The molecule has 1 aliphatic heterocycles. The van der Waals surface area contributed by atoms with Gasteiger partial charge in [0.25, 0.3) is 0 Å². The van der Waals surface area contributed by atoms with Crippen LogP contribution >= 0.6 is 0 Å². The highest BCUT2D eigenvalue weighted by molar-refractivity contribution is 5.68. The monoisotopic (exact) mass is 352 g/mol. The number of carbonyl (C=O) groups excluding carboxylic acids is 1. The Morgan fingerprint density at radius 3 is 2.19 bits per heavy atom. The predicted molar refractivity (Wildman–Crippen MR) is 105 cm³/mol. The van der Waals surface area contributed by atoms with Crippen LogP contribution in [-0.2, 0) is 11.3 Å². The Morgan fingerprint density at radius 1 is 0.923 bits per heavy atom. The van der Waals surface area contributed by atoms with Crippen LogP contribution in [0.2, 0.25) is 0 Å². The molecule has 2 aromatic rings. The van der Waals surface area contributed by atoms with E-state index in [4.69, 9.17) is 4.74 Å². The number of amides is 1. The first-order valence-corrected chi connectivity index (χ1v) is 9.26. The fourth-order valence-electron chi connectivity index (χ4n) is 3.21. The van der Waals surface area contributed by atoms with Crippen molar-refractivity contribution in [3.8, 4) is 11.1 Å². The second-order valence-electron chi connectivity index (χ2n) is 7.77. The summed E-state index contributed by atoms with van der Waals surface area (Å²) in [6.45, 7) is 9.76. The maximum absolute atomic E-state index is 12.2. The third-order valence-electron chi connectivity index (χ3n) is 4.52. The normalized spacial score (nSPS) is 15.7. The lowest BCUT2D eigenvalue weighted by Crippen LogP contribution is -2.49. The third-order valence-corrected chi connectivity index (χ3v) is 4.52. The molecule has 2 aromatic carbocycles. The summed E-state index contributed by atoms with van der Waals surface area (Å²) in [5.41, 5.74) is 3.41. The molecule has 4 nitrogen and oxygen atoms in total. The standard InChI is InChI=1S/C22H28N2O2/c1-22(2,3)26-21(25)24-15-13-23(14-16-24)17-19-11-7-8-12-20(19)18-9-5-4-6-10-18/h4-12H,13-17H2,1-3H3. The molecular weight excluding hydrogens is 324 g/mol. The summed E-state index contributed by atoms with van der Waals surface area (Å²) in [6, 6.07) is 19.1. The average Bonchev–Trinajstić information content (AvgIpc) is 2.62. The molecule has 0 aliphatic carbocycles. The molecule has 1 amide bonds. The van der Waals surface area contributed by atoms with Crippen molar-refractivity contribution in [3.05, 3.63) is 60.2 Å². The summed E-state index contributed by atoms with van der Waals surface area (Å²) in [5, 5.41) is 0. The summed E-state index contributed by atoms with van der Waals surface area (Å²) in [4.78, 5) is 16.4. The van der Waals surface area contributed by atoms with Gasteiger partial charge in [-0.05, 0) is 37.5 Å². The topological polar surface area (TPSA) is 32.8 Å². The van der Waals surface area contributed by atoms with Gasteiger partial charge in [-0.2, -0.15) is 0 Å². The number of benzene rings is 2. The number of ether oxygens (including phenoxy) is 1. The minimum Gasteiger partial charge on any atom is -0.444 e. The fourth-order valence-corrected chi connectivity index (χ4v) is 3.21. The Kier molecular flexibility index (Phi) is 5.62. The zero-order valence-electron chi connectivity index (χ0n) is 15.9. The van der Waals surface area contributed by atoms with Crippen molar-refractivity contribution in [1.29, 1.82) is 0 Å². The average molecular weight is 352 g/mol. The second-order valence-corrected chi connectivity index (χ2v) is 7.77. The van der Waals surface area contributed by atoms with E-state index in [2.05, 4.69) is 53.4 Å². The quantitative estimate of drug-likeness (QED) is 0.820. The van der Waals surface area contributed by atoms with Gasteiger partial charge in [0, 0.05) is 32.7 Å². The van der Waals surface area contributed by atoms with Crippen molar-refractivity contribution in [2.75, 3.05) is 26.2 Å². The fraction of sp³-hybridized carbons (Fsp3) is 0.409.